The molecule has 44 heavy (non-hydrogen) atoms. The molecule has 0 radical (unpaired) electrons. The van der Waals surface area contributed by atoms with Crippen LogP contribution in [0.3, 0.4) is 0 Å². The fraction of sp³-hybridized carbons (Fsp3) is 0.634. The maximum atomic E-state index is 13.9. The summed E-state index contributed by atoms with van der Waals surface area (Å²) in [5, 5.41) is 0. The van der Waals surface area contributed by atoms with Crippen LogP contribution < -0.4 is 0 Å². The molecule has 0 heterocycles. The molecule has 3 atom stereocenters. The summed E-state index contributed by atoms with van der Waals surface area (Å²) >= 11 is 0. The van der Waals surface area contributed by atoms with Gasteiger partial charge in [0.1, 0.15) is 11.6 Å². The second-order valence-electron chi connectivity index (χ2n) is 14.2. The van der Waals surface area contributed by atoms with Crippen LogP contribution in [0.4, 0.5) is 0 Å². The standard InChI is InChI=1S/C38H52O3.C3H8/c1-7-11-31(32(8-2)36(40)18-25(5)39)20-29-21-35-33(24(3)4)23-34(26(6)38(35)37(41)22-29)30-16-14-28(15-17-30)19-27-12-9-10-13-27;1-3-2/h14-17,23-24,27,29,31-32H,7-13,18-22H2,1-6H3;3H2,1-2H3. The summed E-state index contributed by atoms with van der Waals surface area (Å²) in [5.74, 6) is 1.81. The molecule has 2 aromatic carbocycles. The first-order chi connectivity index (χ1) is 21.0. The van der Waals surface area contributed by atoms with Crippen LogP contribution in [-0.2, 0) is 22.4 Å². The average Bonchev–Trinajstić information content (AvgIpc) is 3.47. The van der Waals surface area contributed by atoms with Gasteiger partial charge < -0.3 is 0 Å². The monoisotopic (exact) mass is 600 g/mol. The van der Waals surface area contributed by atoms with Gasteiger partial charge in [-0.1, -0.05) is 117 Å². The van der Waals surface area contributed by atoms with Gasteiger partial charge in [0.15, 0.2) is 5.78 Å². The van der Waals surface area contributed by atoms with Crippen LogP contribution in [0.1, 0.15) is 158 Å². The van der Waals surface area contributed by atoms with Gasteiger partial charge in [-0.2, -0.15) is 0 Å². The highest BCUT2D eigenvalue weighted by Crippen LogP contribution is 2.42. The van der Waals surface area contributed by atoms with Crippen molar-refractivity contribution in [2.24, 2.45) is 23.7 Å². The van der Waals surface area contributed by atoms with Crippen LogP contribution in [0.5, 0.6) is 0 Å². The first-order valence-electron chi connectivity index (χ1n) is 17.8. The van der Waals surface area contributed by atoms with Crippen LogP contribution in [0.25, 0.3) is 11.1 Å². The Morgan fingerprint density at radius 1 is 0.932 bits per heavy atom. The SMILES string of the molecule is CCC.CCCC(CC1CC(=O)c2c(C)c(-c3ccc(CC4CCCC4)cc3)cc(C(C)C)c2C1)C(CC)C(=O)CC(C)=O. The molecule has 0 saturated heterocycles. The summed E-state index contributed by atoms with van der Waals surface area (Å²) in [6.07, 6.45) is 13.0. The molecule has 2 aliphatic rings. The first kappa shape index (κ1) is 35.9. The Hall–Kier alpha value is -2.55. The Morgan fingerprint density at radius 2 is 1.57 bits per heavy atom. The van der Waals surface area contributed by atoms with Gasteiger partial charge in [0.2, 0.25) is 0 Å². The van der Waals surface area contributed by atoms with Crippen molar-refractivity contribution >= 4 is 17.3 Å². The van der Waals surface area contributed by atoms with E-state index in [2.05, 4.69) is 78.8 Å². The molecule has 1 fully saturated rings. The van der Waals surface area contributed by atoms with Crippen molar-refractivity contribution in [2.45, 2.75) is 145 Å². The maximum absolute atomic E-state index is 13.9. The number of benzene rings is 2. The molecule has 0 bridgehead atoms. The van der Waals surface area contributed by atoms with E-state index in [4.69, 9.17) is 0 Å². The molecule has 0 spiro atoms. The van der Waals surface area contributed by atoms with Crippen LogP contribution in [0, 0.1) is 30.6 Å². The molecule has 1 saturated carbocycles. The number of Topliss-reactive ketones (excluding diaryl/α,β-unsaturated/α-hetero) is 3. The lowest BCUT2D eigenvalue weighted by atomic mass is 9.70. The maximum Gasteiger partial charge on any atom is 0.163 e. The normalized spacial score (nSPS) is 18.0. The number of hydrogen-bond acceptors (Lipinski definition) is 3. The number of carbonyl (C=O) groups excluding carboxylic acids is 3. The topological polar surface area (TPSA) is 51.2 Å². The lowest BCUT2D eigenvalue weighted by Gasteiger charge is -2.33. The fourth-order valence-corrected chi connectivity index (χ4v) is 8.01. The summed E-state index contributed by atoms with van der Waals surface area (Å²) in [7, 11) is 0. The minimum Gasteiger partial charge on any atom is -0.300 e. The number of hydrogen-bond donors (Lipinski definition) is 0. The molecular formula is C41H60O3. The third kappa shape index (κ3) is 9.24. The minimum atomic E-state index is -0.0966. The van der Waals surface area contributed by atoms with E-state index in [1.807, 2.05) is 0 Å². The van der Waals surface area contributed by atoms with Crippen molar-refractivity contribution in [3.8, 4) is 11.1 Å². The number of fused-ring (bicyclic) bond motifs is 1. The van der Waals surface area contributed by atoms with Crippen molar-refractivity contribution in [1.82, 2.24) is 0 Å². The Bertz CT molecular complexity index is 1250. The second-order valence-corrected chi connectivity index (χ2v) is 14.2. The van der Waals surface area contributed by atoms with Gasteiger partial charge in [-0.05, 0) is 96.6 Å². The molecule has 0 aromatic heterocycles. The van der Waals surface area contributed by atoms with Crippen molar-refractivity contribution in [3.05, 3.63) is 58.1 Å². The van der Waals surface area contributed by atoms with Gasteiger partial charge in [-0.15, -0.1) is 0 Å². The van der Waals surface area contributed by atoms with Gasteiger partial charge in [0.05, 0.1) is 6.42 Å². The van der Waals surface area contributed by atoms with Gasteiger partial charge in [0.25, 0.3) is 0 Å². The van der Waals surface area contributed by atoms with Crippen molar-refractivity contribution in [3.63, 3.8) is 0 Å². The molecule has 3 heteroatoms. The van der Waals surface area contributed by atoms with E-state index < -0.39 is 0 Å². The smallest absolute Gasteiger partial charge is 0.163 e. The predicted octanol–water partition coefficient (Wildman–Crippen LogP) is 11.1. The van der Waals surface area contributed by atoms with E-state index >= 15 is 0 Å². The first-order valence-corrected chi connectivity index (χ1v) is 17.8. The highest BCUT2D eigenvalue weighted by Gasteiger charge is 2.35. The van der Waals surface area contributed by atoms with E-state index in [1.165, 1.54) is 73.3 Å². The van der Waals surface area contributed by atoms with Crippen LogP contribution in [-0.4, -0.2) is 17.3 Å². The van der Waals surface area contributed by atoms with Crippen LogP contribution in [0.15, 0.2) is 30.3 Å². The van der Waals surface area contributed by atoms with Crippen molar-refractivity contribution in [1.29, 1.82) is 0 Å². The minimum absolute atomic E-state index is 0.0339. The lowest BCUT2D eigenvalue weighted by molar-refractivity contribution is -0.129. The largest absolute Gasteiger partial charge is 0.300 e. The summed E-state index contributed by atoms with van der Waals surface area (Å²) < 4.78 is 0. The molecule has 0 N–H and O–H groups in total. The Kier molecular flexibility index (Phi) is 14.1. The van der Waals surface area contributed by atoms with Gasteiger partial charge >= 0.3 is 0 Å². The molecule has 3 nitrogen and oxygen atoms in total. The molecular weight excluding hydrogens is 540 g/mol. The van der Waals surface area contributed by atoms with E-state index in [0.717, 1.165) is 49.1 Å². The molecule has 4 rings (SSSR count). The molecule has 0 amide bonds. The van der Waals surface area contributed by atoms with E-state index in [-0.39, 0.29) is 41.5 Å². The Balaban J connectivity index is 0.00000169. The summed E-state index contributed by atoms with van der Waals surface area (Å²) in [6, 6.07) is 11.5. The molecule has 0 aliphatic heterocycles. The van der Waals surface area contributed by atoms with Crippen molar-refractivity contribution in [2.75, 3.05) is 0 Å². The van der Waals surface area contributed by atoms with Gasteiger partial charge in [-0.3, -0.25) is 14.4 Å². The summed E-state index contributed by atoms with van der Waals surface area (Å²) in [4.78, 5) is 38.6. The van der Waals surface area contributed by atoms with Gasteiger partial charge in [-0.25, -0.2) is 0 Å². The third-order valence-electron chi connectivity index (χ3n) is 10.0. The molecule has 2 aliphatic carbocycles. The van der Waals surface area contributed by atoms with Crippen molar-refractivity contribution < 1.29 is 14.4 Å². The predicted molar refractivity (Wildman–Crippen MR) is 186 cm³/mol. The average molecular weight is 601 g/mol. The lowest BCUT2D eigenvalue weighted by Crippen LogP contribution is -2.30. The molecule has 2 aromatic rings. The van der Waals surface area contributed by atoms with Gasteiger partial charge in [0, 0.05) is 17.9 Å². The Labute approximate surface area is 269 Å². The number of carbonyl (C=O) groups is 3. The number of rotatable bonds is 13. The number of ketones is 3. The van der Waals surface area contributed by atoms with E-state index in [0.29, 0.717) is 12.3 Å². The quantitative estimate of drug-likeness (QED) is 0.215. The zero-order valence-corrected chi connectivity index (χ0v) is 29.2. The fourth-order valence-electron chi connectivity index (χ4n) is 8.01. The zero-order chi connectivity index (χ0) is 32.4. The van der Waals surface area contributed by atoms with Crippen LogP contribution in [0.2, 0.25) is 0 Å². The summed E-state index contributed by atoms with van der Waals surface area (Å²) in [5.41, 5.74) is 8.41. The second kappa shape index (κ2) is 17.2. The Morgan fingerprint density at radius 3 is 2.11 bits per heavy atom. The summed E-state index contributed by atoms with van der Waals surface area (Å²) in [6.45, 7) is 16.6. The van der Waals surface area contributed by atoms with Crippen LogP contribution >= 0.6 is 0 Å². The highest BCUT2D eigenvalue weighted by atomic mass is 16.1. The van der Waals surface area contributed by atoms with E-state index in [1.54, 1.807) is 0 Å². The third-order valence-corrected chi connectivity index (χ3v) is 10.0. The van der Waals surface area contributed by atoms with E-state index in [9.17, 15) is 14.4 Å². The highest BCUT2D eigenvalue weighted by molar-refractivity contribution is 6.02. The molecule has 242 valence electrons. The molecule has 3 unspecified atom stereocenters. The zero-order valence-electron chi connectivity index (χ0n) is 29.2.